The lowest BCUT2D eigenvalue weighted by atomic mass is 9.91. The highest BCUT2D eigenvalue weighted by molar-refractivity contribution is 6.12. The van der Waals surface area contributed by atoms with Crippen molar-refractivity contribution in [3.8, 4) is 0 Å². The average molecular weight is 467 g/mol. The van der Waals surface area contributed by atoms with E-state index in [4.69, 9.17) is 4.74 Å². The third-order valence-electron chi connectivity index (χ3n) is 7.23. The van der Waals surface area contributed by atoms with Crippen molar-refractivity contribution in [2.75, 3.05) is 12.0 Å². The molecule has 0 spiro atoms. The summed E-state index contributed by atoms with van der Waals surface area (Å²) in [5.74, 6) is -1.19. The second-order valence-corrected chi connectivity index (χ2v) is 9.76. The van der Waals surface area contributed by atoms with Gasteiger partial charge in [0.2, 0.25) is 5.91 Å². The predicted molar refractivity (Wildman–Crippen MR) is 129 cm³/mol. The SMILES string of the molecule is COC(=O)c1cc2n(n1)CC(C)(C(=O)NC1CCCCCCC1)N(c1ccc(C)c(C)c1)C2=O. The van der Waals surface area contributed by atoms with Gasteiger partial charge in [-0.3, -0.25) is 19.2 Å². The molecule has 34 heavy (non-hydrogen) atoms. The fourth-order valence-electron chi connectivity index (χ4n) is 5.00. The molecular formula is C26H34N4O4. The minimum atomic E-state index is -1.21. The highest BCUT2D eigenvalue weighted by Crippen LogP contribution is 2.34. The lowest BCUT2D eigenvalue weighted by Gasteiger charge is -2.44. The summed E-state index contributed by atoms with van der Waals surface area (Å²) in [6.45, 7) is 5.91. The Morgan fingerprint density at radius 3 is 2.38 bits per heavy atom. The third-order valence-corrected chi connectivity index (χ3v) is 7.23. The maximum atomic E-state index is 13.8. The van der Waals surface area contributed by atoms with E-state index in [1.54, 1.807) is 11.8 Å². The van der Waals surface area contributed by atoms with E-state index in [1.165, 1.54) is 37.1 Å². The summed E-state index contributed by atoms with van der Waals surface area (Å²) in [6.07, 6.45) is 7.68. The van der Waals surface area contributed by atoms with Gasteiger partial charge in [-0.15, -0.1) is 0 Å². The first-order valence-corrected chi connectivity index (χ1v) is 12.1. The van der Waals surface area contributed by atoms with Gasteiger partial charge in [-0.05, 0) is 56.9 Å². The summed E-state index contributed by atoms with van der Waals surface area (Å²) < 4.78 is 6.25. The first-order valence-electron chi connectivity index (χ1n) is 12.1. The molecule has 1 saturated carbocycles. The van der Waals surface area contributed by atoms with Crippen molar-refractivity contribution in [1.82, 2.24) is 15.1 Å². The van der Waals surface area contributed by atoms with Crippen LogP contribution in [0.25, 0.3) is 0 Å². The van der Waals surface area contributed by atoms with E-state index < -0.39 is 11.5 Å². The van der Waals surface area contributed by atoms with Gasteiger partial charge in [0.15, 0.2) is 5.69 Å². The number of amides is 2. The van der Waals surface area contributed by atoms with E-state index in [0.717, 1.165) is 36.8 Å². The molecule has 0 saturated heterocycles. The van der Waals surface area contributed by atoms with Crippen LogP contribution in [0.5, 0.6) is 0 Å². The summed E-state index contributed by atoms with van der Waals surface area (Å²) in [5.41, 5.74) is 1.88. The molecule has 1 N–H and O–H groups in total. The molecule has 2 aromatic rings. The molecule has 1 aromatic carbocycles. The average Bonchev–Trinajstić information content (AvgIpc) is 3.21. The zero-order valence-electron chi connectivity index (χ0n) is 20.5. The predicted octanol–water partition coefficient (Wildman–Crippen LogP) is 3.93. The van der Waals surface area contributed by atoms with Gasteiger partial charge in [-0.1, -0.05) is 38.2 Å². The summed E-state index contributed by atoms with van der Waals surface area (Å²) in [4.78, 5) is 41.3. The molecule has 182 valence electrons. The monoisotopic (exact) mass is 466 g/mol. The Bertz CT molecular complexity index is 1100. The normalized spacial score (nSPS) is 21.4. The zero-order valence-corrected chi connectivity index (χ0v) is 20.5. The maximum absolute atomic E-state index is 13.8. The van der Waals surface area contributed by atoms with Crippen molar-refractivity contribution < 1.29 is 19.1 Å². The molecule has 8 nitrogen and oxygen atoms in total. The van der Waals surface area contributed by atoms with E-state index in [-0.39, 0.29) is 35.8 Å². The number of aromatic nitrogens is 2. The van der Waals surface area contributed by atoms with Gasteiger partial charge in [-0.2, -0.15) is 5.10 Å². The number of nitrogens with one attached hydrogen (secondary N) is 1. The molecule has 1 fully saturated rings. The van der Waals surface area contributed by atoms with E-state index in [2.05, 4.69) is 10.4 Å². The first-order chi connectivity index (χ1) is 16.2. The van der Waals surface area contributed by atoms with Gasteiger partial charge in [0.25, 0.3) is 5.91 Å². The highest BCUT2D eigenvalue weighted by atomic mass is 16.5. The number of ether oxygens (including phenoxy) is 1. The number of carbonyl (C=O) groups excluding carboxylic acids is 3. The number of hydrogen-bond acceptors (Lipinski definition) is 5. The Hall–Kier alpha value is -3.16. The molecule has 2 aliphatic rings. The third kappa shape index (κ3) is 4.45. The lowest BCUT2D eigenvalue weighted by Crippen LogP contribution is -2.65. The van der Waals surface area contributed by atoms with Crippen molar-refractivity contribution in [2.24, 2.45) is 0 Å². The first kappa shape index (κ1) is 24.0. The second kappa shape index (κ2) is 9.60. The molecule has 1 aliphatic carbocycles. The zero-order chi connectivity index (χ0) is 24.5. The minimum Gasteiger partial charge on any atom is -0.464 e. The van der Waals surface area contributed by atoms with Crippen LogP contribution in [0.15, 0.2) is 24.3 Å². The van der Waals surface area contributed by atoms with Crippen molar-refractivity contribution >= 4 is 23.5 Å². The Kier molecular flexibility index (Phi) is 6.77. The van der Waals surface area contributed by atoms with Gasteiger partial charge in [0, 0.05) is 17.8 Å². The Morgan fingerprint density at radius 2 is 1.74 bits per heavy atom. The second-order valence-electron chi connectivity index (χ2n) is 9.76. The molecule has 2 amide bonds. The highest BCUT2D eigenvalue weighted by Gasteiger charge is 2.49. The van der Waals surface area contributed by atoms with Crippen LogP contribution < -0.4 is 10.2 Å². The van der Waals surface area contributed by atoms with Gasteiger partial charge in [-0.25, -0.2) is 4.79 Å². The Labute approximate surface area is 200 Å². The Morgan fingerprint density at radius 1 is 1.06 bits per heavy atom. The van der Waals surface area contributed by atoms with E-state index >= 15 is 0 Å². The van der Waals surface area contributed by atoms with Gasteiger partial charge in [0.1, 0.15) is 11.2 Å². The number of fused-ring (bicyclic) bond motifs is 1. The van der Waals surface area contributed by atoms with E-state index in [0.29, 0.717) is 5.69 Å². The number of hydrogen-bond donors (Lipinski definition) is 1. The molecule has 2 heterocycles. The van der Waals surface area contributed by atoms with E-state index in [1.807, 2.05) is 32.0 Å². The summed E-state index contributed by atoms with van der Waals surface area (Å²) in [5, 5.41) is 7.55. The Balaban J connectivity index is 1.74. The number of nitrogens with zero attached hydrogens (tertiary/aromatic N) is 3. The molecule has 1 unspecified atom stereocenters. The fraction of sp³-hybridized carbons (Fsp3) is 0.538. The number of esters is 1. The number of carbonyl (C=O) groups is 3. The van der Waals surface area contributed by atoms with Crippen molar-refractivity contribution in [3.63, 3.8) is 0 Å². The van der Waals surface area contributed by atoms with Crippen LogP contribution in [-0.4, -0.2) is 46.3 Å². The molecule has 4 rings (SSSR count). The number of rotatable bonds is 4. The number of aryl methyl sites for hydroxylation is 2. The van der Waals surface area contributed by atoms with Crippen molar-refractivity contribution in [3.05, 3.63) is 46.8 Å². The lowest BCUT2D eigenvalue weighted by molar-refractivity contribution is -0.127. The number of methoxy groups -OCH3 is 1. The van der Waals surface area contributed by atoms with Crippen LogP contribution in [0.3, 0.4) is 0 Å². The molecule has 8 heteroatoms. The largest absolute Gasteiger partial charge is 0.464 e. The molecule has 1 aromatic heterocycles. The minimum absolute atomic E-state index is 0.0514. The quantitative estimate of drug-likeness (QED) is 0.689. The van der Waals surface area contributed by atoms with Crippen molar-refractivity contribution in [2.45, 2.75) is 83.8 Å². The smallest absolute Gasteiger partial charge is 0.358 e. The summed E-state index contributed by atoms with van der Waals surface area (Å²) >= 11 is 0. The fourth-order valence-corrected chi connectivity index (χ4v) is 5.00. The van der Waals surface area contributed by atoms with Crippen LogP contribution in [0.2, 0.25) is 0 Å². The molecule has 0 bridgehead atoms. The maximum Gasteiger partial charge on any atom is 0.358 e. The summed E-state index contributed by atoms with van der Waals surface area (Å²) in [7, 11) is 1.27. The van der Waals surface area contributed by atoms with Gasteiger partial charge < -0.3 is 10.1 Å². The van der Waals surface area contributed by atoms with Crippen LogP contribution in [0.4, 0.5) is 5.69 Å². The molecule has 1 atom stereocenters. The van der Waals surface area contributed by atoms with Crippen LogP contribution >= 0.6 is 0 Å². The van der Waals surface area contributed by atoms with Crippen LogP contribution in [0.1, 0.15) is 84.0 Å². The van der Waals surface area contributed by atoms with Gasteiger partial charge in [0.05, 0.1) is 13.7 Å². The number of benzene rings is 1. The molecule has 0 radical (unpaired) electrons. The van der Waals surface area contributed by atoms with Crippen LogP contribution in [0, 0.1) is 13.8 Å². The topological polar surface area (TPSA) is 93.5 Å². The number of anilines is 1. The summed E-state index contributed by atoms with van der Waals surface area (Å²) in [6, 6.07) is 7.29. The van der Waals surface area contributed by atoms with Gasteiger partial charge >= 0.3 is 5.97 Å². The van der Waals surface area contributed by atoms with Crippen LogP contribution in [-0.2, 0) is 16.1 Å². The molecular weight excluding hydrogens is 432 g/mol. The van der Waals surface area contributed by atoms with E-state index in [9.17, 15) is 14.4 Å². The standard InChI is InChI=1S/C26H34N4O4/c1-17-12-13-20(14-18(17)2)30-23(31)22-15-21(24(32)34-4)28-29(22)16-26(30,3)25(33)27-19-10-8-6-5-7-9-11-19/h12-15,19H,5-11,16H2,1-4H3,(H,27,33). The molecule has 1 aliphatic heterocycles. The van der Waals surface area contributed by atoms with Crippen molar-refractivity contribution in [1.29, 1.82) is 0 Å².